The first kappa shape index (κ1) is 13.3. The Morgan fingerprint density at radius 3 is 3.11 bits per heavy atom. The topological polar surface area (TPSA) is 96.0 Å². The monoisotopic (exact) mass is 280 g/mol. The Morgan fingerprint density at radius 2 is 2.47 bits per heavy atom. The molecule has 0 aromatic carbocycles. The number of thioether (sulfide) groups is 1. The van der Waals surface area contributed by atoms with Crippen LogP contribution < -0.4 is 5.32 Å². The van der Waals surface area contributed by atoms with Crippen molar-refractivity contribution in [3.8, 4) is 0 Å². The van der Waals surface area contributed by atoms with Gasteiger partial charge in [-0.1, -0.05) is 11.8 Å². The van der Waals surface area contributed by atoms with Crippen LogP contribution in [0.2, 0.25) is 0 Å². The van der Waals surface area contributed by atoms with Gasteiger partial charge in [0.25, 0.3) is 0 Å². The highest BCUT2D eigenvalue weighted by molar-refractivity contribution is 8.15. The predicted molar refractivity (Wildman–Crippen MR) is 72.2 cm³/mol. The zero-order chi connectivity index (χ0) is 13.8. The van der Waals surface area contributed by atoms with E-state index in [1.165, 1.54) is 0 Å². The largest absolute Gasteiger partial charge is 0.481 e. The number of aromatic nitrogens is 1. The normalized spacial score (nSPS) is 21.2. The zero-order valence-corrected chi connectivity index (χ0v) is 10.9. The minimum absolute atomic E-state index is 0.225. The third-order valence-corrected chi connectivity index (χ3v) is 3.53. The molecule has 0 radical (unpaired) electrons. The first-order chi connectivity index (χ1) is 9.06. The first-order valence-electron chi connectivity index (χ1n) is 5.48. The van der Waals surface area contributed by atoms with Gasteiger partial charge in [0, 0.05) is 13.2 Å². The molecule has 1 aromatic rings. The molecule has 2 heterocycles. The second kappa shape index (κ2) is 5.70. The van der Waals surface area contributed by atoms with Crippen LogP contribution in [0.5, 0.6) is 0 Å². The standard InChI is InChI=1S/C11H12N4O3S/c1-15-4-2-3-7(15)6-12-14-11-13-10(18)8(19-11)5-9(16)17/h2-4,6,8H,5H2,1H3,(H,16,17)(H,13,14,18)/t8-/m1/s1. The van der Waals surface area contributed by atoms with Crippen LogP contribution in [0, 0.1) is 0 Å². The molecule has 1 aliphatic rings. The Hall–Kier alpha value is -2.09. The van der Waals surface area contributed by atoms with Crippen molar-refractivity contribution in [2.75, 3.05) is 0 Å². The van der Waals surface area contributed by atoms with Crippen LogP contribution in [0.25, 0.3) is 0 Å². The molecule has 1 saturated heterocycles. The zero-order valence-electron chi connectivity index (χ0n) is 10.1. The lowest BCUT2D eigenvalue weighted by Gasteiger charge is -1.97. The summed E-state index contributed by atoms with van der Waals surface area (Å²) in [5.74, 6) is -1.36. The Labute approximate surface area is 113 Å². The minimum atomic E-state index is -1.01. The maximum Gasteiger partial charge on any atom is 0.305 e. The smallest absolute Gasteiger partial charge is 0.305 e. The quantitative estimate of drug-likeness (QED) is 0.617. The van der Waals surface area contributed by atoms with Gasteiger partial charge in [0.05, 0.1) is 18.3 Å². The van der Waals surface area contributed by atoms with Crippen molar-refractivity contribution in [1.82, 2.24) is 9.88 Å². The molecule has 0 saturated carbocycles. The Kier molecular flexibility index (Phi) is 4.00. The van der Waals surface area contributed by atoms with Gasteiger partial charge in [-0.2, -0.15) is 5.10 Å². The maximum absolute atomic E-state index is 11.4. The number of carbonyl (C=O) groups is 2. The molecule has 0 aliphatic carbocycles. The lowest BCUT2D eigenvalue weighted by molar-refractivity contribution is -0.138. The van der Waals surface area contributed by atoms with E-state index >= 15 is 0 Å². The lowest BCUT2D eigenvalue weighted by atomic mass is 10.3. The van der Waals surface area contributed by atoms with Crippen LogP contribution in [0.3, 0.4) is 0 Å². The molecule has 2 N–H and O–H groups in total. The Balaban J connectivity index is 1.98. The number of amidine groups is 1. The highest BCUT2D eigenvalue weighted by Gasteiger charge is 2.32. The van der Waals surface area contributed by atoms with E-state index in [-0.39, 0.29) is 12.3 Å². The van der Waals surface area contributed by atoms with Gasteiger partial charge in [-0.05, 0) is 12.1 Å². The Bertz CT molecular complexity index is 564. The second-order valence-corrected chi connectivity index (χ2v) is 5.08. The van der Waals surface area contributed by atoms with Gasteiger partial charge >= 0.3 is 5.97 Å². The Morgan fingerprint density at radius 1 is 1.68 bits per heavy atom. The van der Waals surface area contributed by atoms with Crippen molar-refractivity contribution in [1.29, 1.82) is 0 Å². The van der Waals surface area contributed by atoms with Crippen LogP contribution >= 0.6 is 11.8 Å². The third kappa shape index (κ3) is 3.44. The summed E-state index contributed by atoms with van der Waals surface area (Å²) in [7, 11) is 1.88. The van der Waals surface area contributed by atoms with Crippen LogP contribution in [-0.4, -0.2) is 38.2 Å². The number of aryl methyl sites for hydroxylation is 1. The molecule has 1 amide bonds. The molecule has 1 fully saturated rings. The highest BCUT2D eigenvalue weighted by Crippen LogP contribution is 2.22. The van der Waals surface area contributed by atoms with E-state index in [1.54, 1.807) is 6.21 Å². The average Bonchev–Trinajstić information content (AvgIpc) is 2.87. The summed E-state index contributed by atoms with van der Waals surface area (Å²) in [5.41, 5.74) is 0.876. The highest BCUT2D eigenvalue weighted by atomic mass is 32.2. The van der Waals surface area contributed by atoms with E-state index in [0.29, 0.717) is 5.17 Å². The number of aliphatic carboxylic acids is 1. The van der Waals surface area contributed by atoms with E-state index < -0.39 is 11.2 Å². The van der Waals surface area contributed by atoms with Gasteiger partial charge in [-0.25, -0.2) is 0 Å². The predicted octanol–water partition coefficient (Wildman–Crippen LogP) is 0.421. The molecule has 8 heteroatoms. The van der Waals surface area contributed by atoms with Crippen LogP contribution in [0.4, 0.5) is 0 Å². The van der Waals surface area contributed by atoms with Crippen molar-refractivity contribution >= 4 is 35.0 Å². The van der Waals surface area contributed by atoms with Gasteiger partial charge in [0.15, 0.2) is 5.17 Å². The number of hydrogen-bond donors (Lipinski definition) is 2. The summed E-state index contributed by atoms with van der Waals surface area (Å²) in [5, 5.41) is 18.5. The van der Waals surface area contributed by atoms with E-state index in [4.69, 9.17) is 5.11 Å². The molecule has 0 spiro atoms. The molecule has 7 nitrogen and oxygen atoms in total. The fourth-order valence-electron chi connectivity index (χ4n) is 1.49. The number of amides is 1. The number of carboxylic acid groups (broad SMARTS) is 1. The van der Waals surface area contributed by atoms with Gasteiger partial charge in [-0.15, -0.1) is 5.10 Å². The molecule has 19 heavy (non-hydrogen) atoms. The number of hydrogen-bond acceptors (Lipinski definition) is 5. The molecule has 100 valence electrons. The first-order valence-corrected chi connectivity index (χ1v) is 6.36. The van der Waals surface area contributed by atoms with Crippen LogP contribution in [-0.2, 0) is 16.6 Å². The molecule has 1 aliphatic heterocycles. The summed E-state index contributed by atoms with van der Waals surface area (Å²) >= 11 is 1.08. The van der Waals surface area contributed by atoms with Crippen molar-refractivity contribution in [3.05, 3.63) is 24.0 Å². The van der Waals surface area contributed by atoms with E-state index in [9.17, 15) is 9.59 Å². The summed E-state index contributed by atoms with van der Waals surface area (Å²) in [6.45, 7) is 0. The van der Waals surface area contributed by atoms with Crippen LogP contribution in [0.15, 0.2) is 28.5 Å². The average molecular weight is 280 g/mol. The van der Waals surface area contributed by atoms with Gasteiger partial charge < -0.3 is 15.0 Å². The fourth-order valence-corrected chi connectivity index (χ4v) is 2.41. The van der Waals surface area contributed by atoms with Crippen LogP contribution in [0.1, 0.15) is 12.1 Å². The van der Waals surface area contributed by atoms with E-state index in [0.717, 1.165) is 17.5 Å². The number of rotatable bonds is 4. The van der Waals surface area contributed by atoms with Crippen molar-refractivity contribution < 1.29 is 14.7 Å². The molecule has 2 rings (SSSR count). The number of nitrogens with one attached hydrogen (secondary N) is 1. The number of carboxylic acids is 1. The molecule has 1 aromatic heterocycles. The molecule has 0 bridgehead atoms. The lowest BCUT2D eigenvalue weighted by Crippen LogP contribution is -2.26. The van der Waals surface area contributed by atoms with Gasteiger partial charge in [0.2, 0.25) is 5.91 Å². The summed E-state index contributed by atoms with van der Waals surface area (Å²) < 4.78 is 1.87. The van der Waals surface area contributed by atoms with Crippen molar-refractivity contribution in [2.45, 2.75) is 11.7 Å². The SMILES string of the molecule is Cn1cccc1C=N/N=C1/NC(=O)[C@@H](CC(=O)O)S1. The van der Waals surface area contributed by atoms with Gasteiger partial charge in [-0.3, -0.25) is 9.59 Å². The number of carbonyl (C=O) groups excluding carboxylic acids is 1. The minimum Gasteiger partial charge on any atom is -0.481 e. The van der Waals surface area contributed by atoms with E-state index in [1.807, 2.05) is 29.9 Å². The molecular weight excluding hydrogens is 268 g/mol. The molecular formula is C11H12N4O3S. The fraction of sp³-hybridized carbons (Fsp3) is 0.273. The number of nitrogens with zero attached hydrogens (tertiary/aromatic N) is 3. The van der Waals surface area contributed by atoms with Crippen molar-refractivity contribution in [3.63, 3.8) is 0 Å². The third-order valence-electron chi connectivity index (χ3n) is 2.46. The van der Waals surface area contributed by atoms with E-state index in [2.05, 4.69) is 15.5 Å². The second-order valence-electron chi connectivity index (χ2n) is 3.89. The maximum atomic E-state index is 11.4. The molecule has 1 atom stereocenters. The van der Waals surface area contributed by atoms with Gasteiger partial charge in [0.1, 0.15) is 5.25 Å². The van der Waals surface area contributed by atoms with Crippen molar-refractivity contribution in [2.24, 2.45) is 17.3 Å². The molecule has 0 unspecified atom stereocenters. The summed E-state index contributed by atoms with van der Waals surface area (Å²) in [6.07, 6.45) is 3.21. The summed E-state index contributed by atoms with van der Waals surface area (Å²) in [4.78, 5) is 22.0. The summed E-state index contributed by atoms with van der Waals surface area (Å²) in [6, 6.07) is 3.75.